The second-order valence-corrected chi connectivity index (χ2v) is 5.90. The maximum absolute atomic E-state index is 13.3. The number of phenols is 1. The first-order chi connectivity index (χ1) is 9.13. The smallest absolute Gasteiger partial charge is 0.165 e. The van der Waals surface area contributed by atoms with E-state index in [-0.39, 0.29) is 5.75 Å². The second-order valence-electron chi connectivity index (χ2n) is 5.90. The first-order valence-electron chi connectivity index (χ1n) is 7.02. The van der Waals surface area contributed by atoms with Crippen molar-refractivity contribution in [3.63, 3.8) is 0 Å². The predicted octanol–water partition coefficient (Wildman–Crippen LogP) is 2.30. The van der Waals surface area contributed by atoms with Crippen molar-refractivity contribution in [1.29, 1.82) is 0 Å². The maximum atomic E-state index is 13.3. The minimum absolute atomic E-state index is 0.369. The van der Waals surface area contributed by atoms with Crippen molar-refractivity contribution in [3.8, 4) is 5.75 Å². The van der Waals surface area contributed by atoms with Gasteiger partial charge in [-0.1, -0.05) is 12.5 Å². The van der Waals surface area contributed by atoms with Crippen LogP contribution in [0.2, 0.25) is 0 Å². The molecule has 0 bridgehead atoms. The normalized spacial score (nSPS) is 28.5. The van der Waals surface area contributed by atoms with Crippen LogP contribution in [0.1, 0.15) is 30.9 Å². The summed E-state index contributed by atoms with van der Waals surface area (Å²) < 4.78 is 13.3. The minimum atomic E-state index is -0.686. The Labute approximate surface area is 112 Å². The van der Waals surface area contributed by atoms with Crippen molar-refractivity contribution in [1.82, 2.24) is 4.90 Å². The molecule has 1 aliphatic heterocycles. The van der Waals surface area contributed by atoms with E-state index in [1.54, 1.807) is 6.07 Å². The number of phenolic OH excluding ortho intramolecular Hbond substituents is 1. The Balaban J connectivity index is 1.62. The maximum Gasteiger partial charge on any atom is 0.165 e. The SMILES string of the molecule is Oc1ccc(C(O)CN2CC3CCCC3C2)cc1F. The van der Waals surface area contributed by atoms with Gasteiger partial charge in [0.2, 0.25) is 0 Å². The summed E-state index contributed by atoms with van der Waals surface area (Å²) in [6, 6.07) is 4.10. The molecule has 1 heterocycles. The zero-order valence-corrected chi connectivity index (χ0v) is 10.9. The Hall–Kier alpha value is -1.13. The molecule has 1 aliphatic carbocycles. The highest BCUT2D eigenvalue weighted by Gasteiger charge is 2.36. The molecular formula is C15H20FNO2. The summed E-state index contributed by atoms with van der Waals surface area (Å²) in [5.74, 6) is 0.550. The number of halogens is 1. The van der Waals surface area contributed by atoms with Gasteiger partial charge in [-0.15, -0.1) is 0 Å². The molecule has 2 N–H and O–H groups in total. The van der Waals surface area contributed by atoms with Gasteiger partial charge in [0.1, 0.15) is 0 Å². The average Bonchev–Trinajstić information content (AvgIpc) is 2.93. The van der Waals surface area contributed by atoms with Gasteiger partial charge in [0.15, 0.2) is 11.6 Å². The molecule has 4 heteroatoms. The number of aliphatic hydroxyl groups excluding tert-OH is 1. The van der Waals surface area contributed by atoms with E-state index in [0.717, 1.165) is 24.9 Å². The standard InChI is InChI=1S/C15H20FNO2/c16-13-6-10(4-5-14(13)18)15(19)9-17-7-11-2-1-3-12(11)8-17/h4-6,11-12,15,18-19H,1-3,7-9H2. The van der Waals surface area contributed by atoms with Crippen LogP contribution in [0, 0.1) is 17.7 Å². The molecule has 1 aromatic carbocycles. The van der Waals surface area contributed by atoms with Crippen LogP contribution in [-0.4, -0.2) is 34.7 Å². The van der Waals surface area contributed by atoms with Gasteiger partial charge in [-0.25, -0.2) is 4.39 Å². The first kappa shape index (κ1) is 12.9. The highest BCUT2D eigenvalue weighted by Crippen LogP contribution is 2.38. The van der Waals surface area contributed by atoms with Gasteiger partial charge in [0.05, 0.1) is 6.10 Å². The van der Waals surface area contributed by atoms with Gasteiger partial charge in [0.25, 0.3) is 0 Å². The van der Waals surface area contributed by atoms with Crippen molar-refractivity contribution in [2.45, 2.75) is 25.4 Å². The third-order valence-electron chi connectivity index (χ3n) is 4.59. The highest BCUT2D eigenvalue weighted by atomic mass is 19.1. The van der Waals surface area contributed by atoms with Crippen molar-refractivity contribution >= 4 is 0 Å². The van der Waals surface area contributed by atoms with Crippen molar-refractivity contribution in [2.75, 3.05) is 19.6 Å². The van der Waals surface area contributed by atoms with Gasteiger partial charge in [-0.2, -0.15) is 0 Å². The quantitative estimate of drug-likeness (QED) is 0.881. The lowest BCUT2D eigenvalue weighted by Gasteiger charge is -2.21. The van der Waals surface area contributed by atoms with E-state index >= 15 is 0 Å². The van der Waals surface area contributed by atoms with Gasteiger partial charge in [0, 0.05) is 19.6 Å². The van der Waals surface area contributed by atoms with Crippen LogP contribution >= 0.6 is 0 Å². The van der Waals surface area contributed by atoms with Crippen LogP contribution in [0.25, 0.3) is 0 Å². The molecule has 1 saturated carbocycles. The molecule has 2 aliphatic rings. The molecule has 104 valence electrons. The largest absolute Gasteiger partial charge is 0.505 e. The minimum Gasteiger partial charge on any atom is -0.505 e. The lowest BCUT2D eigenvalue weighted by atomic mass is 10.0. The van der Waals surface area contributed by atoms with Gasteiger partial charge >= 0.3 is 0 Å². The van der Waals surface area contributed by atoms with Crippen LogP contribution < -0.4 is 0 Å². The molecule has 3 atom stereocenters. The summed E-state index contributed by atoms with van der Waals surface area (Å²) in [5.41, 5.74) is 0.535. The fraction of sp³-hybridized carbons (Fsp3) is 0.600. The van der Waals surface area contributed by atoms with Gasteiger partial charge in [-0.3, -0.25) is 4.90 Å². The summed E-state index contributed by atoms with van der Waals surface area (Å²) in [6.45, 7) is 2.67. The van der Waals surface area contributed by atoms with E-state index in [0.29, 0.717) is 12.1 Å². The molecule has 3 unspecified atom stereocenters. The molecule has 0 aromatic heterocycles. The number of nitrogens with zero attached hydrogens (tertiary/aromatic N) is 1. The number of hydrogen-bond donors (Lipinski definition) is 2. The van der Waals surface area contributed by atoms with Crippen molar-refractivity contribution in [2.24, 2.45) is 11.8 Å². The van der Waals surface area contributed by atoms with Crippen molar-refractivity contribution in [3.05, 3.63) is 29.6 Å². The number of aliphatic hydroxyl groups is 1. The van der Waals surface area contributed by atoms with E-state index in [4.69, 9.17) is 5.11 Å². The average molecular weight is 265 g/mol. The van der Waals surface area contributed by atoms with Crippen LogP contribution in [0.5, 0.6) is 5.75 Å². The number of hydrogen-bond acceptors (Lipinski definition) is 3. The third kappa shape index (κ3) is 2.60. The van der Waals surface area contributed by atoms with E-state index in [9.17, 15) is 9.50 Å². The Morgan fingerprint density at radius 1 is 1.26 bits per heavy atom. The predicted molar refractivity (Wildman–Crippen MR) is 70.3 cm³/mol. The molecule has 3 nitrogen and oxygen atoms in total. The molecular weight excluding hydrogens is 245 g/mol. The molecule has 0 radical (unpaired) electrons. The summed E-state index contributed by atoms with van der Waals surface area (Å²) in [5, 5.41) is 19.3. The molecule has 0 spiro atoms. The molecule has 0 amide bonds. The van der Waals surface area contributed by atoms with E-state index in [1.165, 1.54) is 31.4 Å². The lowest BCUT2D eigenvalue weighted by Crippen LogP contribution is -2.27. The number of benzene rings is 1. The fourth-order valence-electron chi connectivity index (χ4n) is 3.56. The summed E-state index contributed by atoms with van der Waals surface area (Å²) in [6.07, 6.45) is 3.28. The number of aromatic hydroxyl groups is 1. The molecule has 1 saturated heterocycles. The number of β-amino-alcohol motifs (C(OH)–C–C–N with tert-alkyl or cyclic N) is 1. The zero-order valence-electron chi connectivity index (χ0n) is 10.9. The summed E-state index contributed by atoms with van der Waals surface area (Å²) >= 11 is 0. The number of fused-ring (bicyclic) bond motifs is 1. The summed E-state index contributed by atoms with van der Waals surface area (Å²) in [4.78, 5) is 2.28. The first-order valence-corrected chi connectivity index (χ1v) is 7.02. The van der Waals surface area contributed by atoms with E-state index in [1.807, 2.05) is 0 Å². The van der Waals surface area contributed by atoms with Crippen LogP contribution in [0.15, 0.2) is 18.2 Å². The van der Waals surface area contributed by atoms with E-state index in [2.05, 4.69) is 4.90 Å². The van der Waals surface area contributed by atoms with Crippen LogP contribution in [0.3, 0.4) is 0 Å². The lowest BCUT2D eigenvalue weighted by molar-refractivity contribution is 0.121. The summed E-state index contributed by atoms with van der Waals surface area (Å²) in [7, 11) is 0. The van der Waals surface area contributed by atoms with Gasteiger partial charge in [-0.05, 0) is 42.4 Å². The molecule has 19 heavy (non-hydrogen) atoms. The molecule has 1 aromatic rings. The van der Waals surface area contributed by atoms with Crippen LogP contribution in [-0.2, 0) is 0 Å². The Morgan fingerprint density at radius 3 is 2.58 bits per heavy atom. The molecule has 3 rings (SSSR count). The van der Waals surface area contributed by atoms with Crippen LogP contribution in [0.4, 0.5) is 4.39 Å². The Kier molecular flexibility index (Phi) is 3.46. The Bertz CT molecular complexity index is 453. The molecule has 2 fully saturated rings. The monoisotopic (exact) mass is 265 g/mol. The topological polar surface area (TPSA) is 43.7 Å². The number of rotatable bonds is 3. The third-order valence-corrected chi connectivity index (χ3v) is 4.59. The zero-order chi connectivity index (χ0) is 13.4. The Morgan fingerprint density at radius 2 is 1.95 bits per heavy atom. The van der Waals surface area contributed by atoms with Crippen molar-refractivity contribution < 1.29 is 14.6 Å². The second kappa shape index (κ2) is 5.10. The number of likely N-dealkylation sites (tertiary alicyclic amines) is 1. The van der Waals surface area contributed by atoms with Gasteiger partial charge < -0.3 is 10.2 Å². The highest BCUT2D eigenvalue weighted by molar-refractivity contribution is 5.29. The van der Waals surface area contributed by atoms with E-state index < -0.39 is 11.9 Å². The fourth-order valence-corrected chi connectivity index (χ4v) is 3.56.